The largest absolute Gasteiger partial charge is 0.473 e. The van der Waals surface area contributed by atoms with Crippen LogP contribution in [0.15, 0.2) is 67.4 Å². The van der Waals surface area contributed by atoms with E-state index >= 15 is 4.39 Å². The van der Waals surface area contributed by atoms with Crippen LogP contribution in [0, 0.1) is 5.82 Å². The quantitative estimate of drug-likeness (QED) is 0.138. The lowest BCUT2D eigenvalue weighted by Gasteiger charge is -2.15. The van der Waals surface area contributed by atoms with E-state index in [4.69, 9.17) is 15.2 Å². The van der Waals surface area contributed by atoms with Crippen LogP contribution in [0.5, 0.6) is 5.88 Å². The molecule has 0 fully saturated rings. The zero-order valence-corrected chi connectivity index (χ0v) is 22.8. The first-order valence-corrected chi connectivity index (χ1v) is 13.0. The van der Waals surface area contributed by atoms with E-state index < -0.39 is 5.82 Å². The summed E-state index contributed by atoms with van der Waals surface area (Å²) in [5, 5.41) is 12.9. The first kappa shape index (κ1) is 29.2. The number of fused-ring (bicyclic) bond motifs is 1. The molecule has 4 aromatic rings. The van der Waals surface area contributed by atoms with Crippen LogP contribution in [0.3, 0.4) is 0 Å². The normalized spacial score (nSPS) is 11.0. The monoisotopic (exact) mass is 561 g/mol. The topological polar surface area (TPSA) is 145 Å². The number of hydrogen-bond donors (Lipinski definition) is 4. The molecule has 0 saturated carbocycles. The number of aromatic nitrogens is 3. The summed E-state index contributed by atoms with van der Waals surface area (Å²) in [5.74, 6) is -1.50. The van der Waals surface area contributed by atoms with Gasteiger partial charge in [0.05, 0.1) is 19.4 Å². The molecule has 0 aliphatic rings. The molecule has 0 aliphatic carbocycles. The van der Waals surface area contributed by atoms with Crippen LogP contribution in [-0.4, -0.2) is 52.8 Å². The summed E-state index contributed by atoms with van der Waals surface area (Å²) >= 11 is 0. The average molecular weight is 562 g/mol. The zero-order chi connectivity index (χ0) is 29.4. The molecule has 0 spiro atoms. The van der Waals surface area contributed by atoms with Crippen molar-refractivity contribution in [3.05, 3.63) is 84.3 Å². The molecule has 2 heterocycles. The van der Waals surface area contributed by atoms with Crippen LogP contribution in [0.2, 0.25) is 0 Å². The fraction of sp³-hybridized carbons (Fsp3) is 0.241. The molecule has 5 N–H and O–H groups in total. The lowest BCUT2D eigenvalue weighted by Crippen LogP contribution is -2.15. The van der Waals surface area contributed by atoms with Crippen molar-refractivity contribution in [3.8, 4) is 5.88 Å². The van der Waals surface area contributed by atoms with Gasteiger partial charge in [-0.25, -0.2) is 0 Å². The van der Waals surface area contributed by atoms with Crippen molar-refractivity contribution < 1.29 is 23.5 Å². The molecule has 2 amide bonds. The van der Waals surface area contributed by atoms with E-state index in [1.54, 1.807) is 54.7 Å². The molecule has 0 bridgehead atoms. The van der Waals surface area contributed by atoms with Gasteiger partial charge in [0.2, 0.25) is 11.7 Å². The Bertz CT molecular complexity index is 1540. The summed E-state index contributed by atoms with van der Waals surface area (Å²) < 4.78 is 28.0. The maximum atomic E-state index is 15.7. The molecule has 0 atom stereocenters. The van der Waals surface area contributed by atoms with Crippen molar-refractivity contribution in [2.24, 2.45) is 5.73 Å². The molecular formula is C29H32FN7O4. The van der Waals surface area contributed by atoms with Gasteiger partial charge in [0.1, 0.15) is 6.61 Å². The van der Waals surface area contributed by atoms with Gasteiger partial charge < -0.3 is 31.2 Å². The van der Waals surface area contributed by atoms with Crippen molar-refractivity contribution in [1.29, 1.82) is 0 Å². The van der Waals surface area contributed by atoms with Crippen LogP contribution >= 0.6 is 0 Å². The Morgan fingerprint density at radius 2 is 1.83 bits per heavy atom. The number of hydrogen-bond acceptors (Lipinski definition) is 8. The summed E-state index contributed by atoms with van der Waals surface area (Å²) in [7, 11) is 0. The number of anilines is 4. The highest BCUT2D eigenvalue weighted by Gasteiger charge is 2.21. The fourth-order valence-electron chi connectivity index (χ4n) is 3.88. The minimum atomic E-state index is -0.729. The number of nitrogens with one attached hydrogen (secondary N) is 3. The number of halogens is 1. The van der Waals surface area contributed by atoms with Crippen LogP contribution in [0.4, 0.5) is 27.3 Å². The van der Waals surface area contributed by atoms with Crippen LogP contribution < -0.4 is 26.4 Å². The third kappa shape index (κ3) is 7.24. The number of carbonyl (C=O) groups is 2. The van der Waals surface area contributed by atoms with Gasteiger partial charge in [0, 0.05) is 34.7 Å². The first-order chi connectivity index (χ1) is 19.8. The SMILES string of the molecule is C=CC(=O)Nc1ccc(C(=O)Nc2cccc(Nc3c(F)c(OCCOCCN)nc4c(C(C)C)cnn34)c2)cc1. The second-order valence-corrected chi connectivity index (χ2v) is 9.25. The van der Waals surface area contributed by atoms with E-state index in [0.717, 1.165) is 11.6 Å². The Morgan fingerprint density at radius 1 is 1.07 bits per heavy atom. The van der Waals surface area contributed by atoms with Crippen molar-refractivity contribution >= 4 is 40.3 Å². The van der Waals surface area contributed by atoms with Gasteiger partial charge in [-0.1, -0.05) is 26.5 Å². The molecule has 0 radical (unpaired) electrons. The molecule has 2 aromatic carbocycles. The van der Waals surface area contributed by atoms with Crippen molar-refractivity contribution in [3.63, 3.8) is 0 Å². The van der Waals surface area contributed by atoms with E-state index in [0.29, 0.717) is 41.4 Å². The highest BCUT2D eigenvalue weighted by molar-refractivity contribution is 6.05. The second kappa shape index (κ2) is 13.5. The van der Waals surface area contributed by atoms with Gasteiger partial charge in [0.25, 0.3) is 11.8 Å². The molecule has 4 rings (SSSR count). The van der Waals surface area contributed by atoms with E-state index in [9.17, 15) is 9.59 Å². The Kier molecular flexibility index (Phi) is 9.61. The smallest absolute Gasteiger partial charge is 0.256 e. The molecule has 0 unspecified atom stereocenters. The van der Waals surface area contributed by atoms with Crippen molar-refractivity contribution in [2.45, 2.75) is 19.8 Å². The lowest BCUT2D eigenvalue weighted by atomic mass is 10.1. The molecular weight excluding hydrogens is 529 g/mol. The predicted octanol–water partition coefficient (Wildman–Crippen LogP) is 4.47. The molecule has 2 aromatic heterocycles. The predicted molar refractivity (Wildman–Crippen MR) is 155 cm³/mol. The molecule has 0 saturated heterocycles. The minimum absolute atomic E-state index is 0.0282. The molecule has 41 heavy (non-hydrogen) atoms. The Morgan fingerprint density at radius 3 is 2.54 bits per heavy atom. The van der Waals surface area contributed by atoms with E-state index in [1.165, 1.54) is 4.52 Å². The van der Waals surface area contributed by atoms with Crippen LogP contribution in [0.25, 0.3) is 5.65 Å². The van der Waals surface area contributed by atoms with Gasteiger partial charge in [-0.3, -0.25) is 9.59 Å². The highest BCUT2D eigenvalue weighted by Crippen LogP contribution is 2.31. The third-order valence-corrected chi connectivity index (χ3v) is 5.92. The van der Waals surface area contributed by atoms with Crippen molar-refractivity contribution in [2.75, 3.05) is 42.3 Å². The molecule has 11 nitrogen and oxygen atoms in total. The maximum Gasteiger partial charge on any atom is 0.256 e. The van der Waals surface area contributed by atoms with Gasteiger partial charge >= 0.3 is 0 Å². The number of amides is 2. The van der Waals surface area contributed by atoms with E-state index in [-0.39, 0.29) is 42.6 Å². The van der Waals surface area contributed by atoms with Gasteiger partial charge in [-0.05, 0) is 54.5 Å². The minimum Gasteiger partial charge on any atom is -0.473 e. The molecule has 12 heteroatoms. The Labute approximate surface area is 236 Å². The zero-order valence-electron chi connectivity index (χ0n) is 22.8. The summed E-state index contributed by atoms with van der Waals surface area (Å²) in [5.41, 5.74) is 8.61. The van der Waals surface area contributed by atoms with Crippen molar-refractivity contribution in [1.82, 2.24) is 14.6 Å². The van der Waals surface area contributed by atoms with E-state index in [2.05, 4.69) is 32.6 Å². The highest BCUT2D eigenvalue weighted by atomic mass is 19.1. The second-order valence-electron chi connectivity index (χ2n) is 9.25. The fourth-order valence-corrected chi connectivity index (χ4v) is 3.88. The van der Waals surface area contributed by atoms with Gasteiger partial charge in [-0.2, -0.15) is 19.0 Å². The number of nitrogens with two attached hydrogens (primary N) is 1. The molecule has 0 aliphatic heterocycles. The Balaban J connectivity index is 1.55. The maximum absolute atomic E-state index is 15.7. The average Bonchev–Trinajstić information content (AvgIpc) is 3.39. The van der Waals surface area contributed by atoms with Crippen LogP contribution in [-0.2, 0) is 9.53 Å². The summed E-state index contributed by atoms with van der Waals surface area (Å²) in [6.45, 7) is 8.47. The summed E-state index contributed by atoms with van der Waals surface area (Å²) in [6.07, 6.45) is 2.81. The summed E-state index contributed by atoms with van der Waals surface area (Å²) in [4.78, 5) is 28.7. The number of benzene rings is 2. The molecule has 214 valence electrons. The third-order valence-electron chi connectivity index (χ3n) is 5.92. The van der Waals surface area contributed by atoms with Gasteiger partial charge in [0.15, 0.2) is 11.5 Å². The Hall–Kier alpha value is -4.81. The number of carbonyl (C=O) groups excluding carboxylic acids is 2. The number of nitrogens with zero attached hydrogens (tertiary/aromatic N) is 3. The number of rotatable bonds is 13. The lowest BCUT2D eigenvalue weighted by molar-refractivity contribution is -0.111. The standard InChI is InChI=1S/C29H32FN7O4/c1-4-24(38)33-20-10-8-19(9-11-20)28(39)35-22-7-5-6-21(16-22)34-27-25(30)29(41-15-14-40-13-12-31)36-26-23(18(2)3)17-32-37(26)27/h4-11,16-18,34H,1,12-15,31H2,2-3H3,(H,33,38)(H,35,39). The van der Waals surface area contributed by atoms with Gasteiger partial charge in [-0.15, -0.1) is 0 Å². The summed E-state index contributed by atoms with van der Waals surface area (Å²) in [6, 6.07) is 13.2. The van der Waals surface area contributed by atoms with Crippen LogP contribution in [0.1, 0.15) is 35.7 Å². The first-order valence-electron chi connectivity index (χ1n) is 13.0. The van der Waals surface area contributed by atoms with E-state index in [1.807, 2.05) is 13.8 Å². The number of ether oxygens (including phenoxy) is 2.